The molecule has 2 aromatic heterocycles. The van der Waals surface area contributed by atoms with Crippen LogP contribution in [0.25, 0.3) is 22.8 Å². The molecule has 152 valence electrons. The van der Waals surface area contributed by atoms with Crippen LogP contribution in [0.4, 0.5) is 0 Å². The summed E-state index contributed by atoms with van der Waals surface area (Å²) in [5.41, 5.74) is 5.34. The maximum absolute atomic E-state index is 4.63. The minimum atomic E-state index is 0.481. The maximum Gasteiger partial charge on any atom is 0.137 e. The van der Waals surface area contributed by atoms with E-state index in [4.69, 9.17) is 0 Å². The summed E-state index contributed by atoms with van der Waals surface area (Å²) in [7, 11) is 2.24. The summed E-state index contributed by atoms with van der Waals surface area (Å²) in [6, 6.07) is 17.7. The third-order valence-corrected chi connectivity index (χ3v) is 6.55. The largest absolute Gasteiger partial charge is 0.345 e. The average molecular weight is 406 g/mol. The van der Waals surface area contributed by atoms with Crippen LogP contribution in [-0.2, 0) is 0 Å². The van der Waals surface area contributed by atoms with Gasteiger partial charge in [0, 0.05) is 40.7 Å². The second-order valence-electron chi connectivity index (χ2n) is 8.51. The molecule has 3 atom stereocenters. The van der Waals surface area contributed by atoms with Gasteiger partial charge in [-0.25, -0.2) is 9.97 Å². The van der Waals surface area contributed by atoms with Crippen molar-refractivity contribution in [3.63, 3.8) is 0 Å². The van der Waals surface area contributed by atoms with Crippen LogP contribution in [0.2, 0.25) is 0 Å². The molecule has 0 radical (unpaired) electrons. The summed E-state index contributed by atoms with van der Waals surface area (Å²) >= 11 is 0. The van der Waals surface area contributed by atoms with Crippen LogP contribution in [0.1, 0.15) is 35.7 Å². The van der Waals surface area contributed by atoms with E-state index >= 15 is 0 Å². The van der Waals surface area contributed by atoms with Crippen molar-refractivity contribution in [2.45, 2.75) is 24.9 Å². The van der Waals surface area contributed by atoms with Crippen LogP contribution in [0.3, 0.4) is 0 Å². The molecular weight excluding hydrogens is 382 g/mol. The van der Waals surface area contributed by atoms with Gasteiger partial charge in [-0.3, -0.25) is 4.90 Å². The van der Waals surface area contributed by atoms with Crippen LogP contribution >= 0.6 is 0 Å². The van der Waals surface area contributed by atoms with Gasteiger partial charge < -0.3 is 9.97 Å². The molecule has 6 rings (SSSR count). The van der Waals surface area contributed by atoms with E-state index < -0.39 is 0 Å². The zero-order chi connectivity index (χ0) is 20.8. The molecular formula is C26H23N5. The molecule has 2 unspecified atom stereocenters. The van der Waals surface area contributed by atoms with Gasteiger partial charge in [-0.1, -0.05) is 36.1 Å². The fourth-order valence-electron chi connectivity index (χ4n) is 4.66. The molecule has 3 heterocycles. The molecule has 5 nitrogen and oxygen atoms in total. The lowest BCUT2D eigenvalue weighted by atomic mass is 10.1. The van der Waals surface area contributed by atoms with E-state index in [1.165, 1.54) is 18.5 Å². The van der Waals surface area contributed by atoms with Gasteiger partial charge in [-0.05, 0) is 50.1 Å². The number of hydrogen-bond donors (Lipinski definition) is 2. The zero-order valence-corrected chi connectivity index (χ0v) is 17.3. The van der Waals surface area contributed by atoms with Crippen LogP contribution in [0.5, 0.6) is 0 Å². The number of fused-ring (bicyclic) bond motifs is 1. The maximum atomic E-state index is 4.63. The lowest BCUT2D eigenvalue weighted by molar-refractivity contribution is 0.269. The van der Waals surface area contributed by atoms with Crippen molar-refractivity contribution in [3.05, 3.63) is 83.9 Å². The number of nitrogens with zero attached hydrogens (tertiary/aromatic N) is 3. The van der Waals surface area contributed by atoms with E-state index in [-0.39, 0.29) is 0 Å². The normalized spacial score (nSPS) is 22.0. The van der Waals surface area contributed by atoms with Crippen molar-refractivity contribution in [2.24, 2.45) is 5.92 Å². The molecule has 1 saturated heterocycles. The predicted molar refractivity (Wildman–Crippen MR) is 121 cm³/mol. The molecule has 31 heavy (non-hydrogen) atoms. The Hall–Kier alpha value is -3.62. The van der Waals surface area contributed by atoms with E-state index in [9.17, 15) is 0 Å². The SMILES string of the molecule is CN1C2CC2C[C@H]1c1cnc(-c2ccc(C#Cc3ccc(-c4ncc[nH]4)cc3)cc2)[nH]1. The van der Waals surface area contributed by atoms with Gasteiger partial charge in [0.2, 0.25) is 0 Å². The van der Waals surface area contributed by atoms with Crippen molar-refractivity contribution in [1.82, 2.24) is 24.8 Å². The highest BCUT2D eigenvalue weighted by molar-refractivity contribution is 5.59. The summed E-state index contributed by atoms with van der Waals surface area (Å²) in [6.45, 7) is 0. The van der Waals surface area contributed by atoms with Crippen molar-refractivity contribution in [3.8, 4) is 34.6 Å². The van der Waals surface area contributed by atoms with E-state index in [1.807, 2.05) is 36.7 Å². The quantitative estimate of drug-likeness (QED) is 0.489. The number of aromatic nitrogens is 4. The van der Waals surface area contributed by atoms with E-state index in [1.54, 1.807) is 6.20 Å². The Labute approximate surface area is 181 Å². The molecule has 2 N–H and O–H groups in total. The Morgan fingerprint density at radius 2 is 1.55 bits per heavy atom. The zero-order valence-electron chi connectivity index (χ0n) is 17.3. The highest BCUT2D eigenvalue weighted by atomic mass is 15.2. The van der Waals surface area contributed by atoms with Gasteiger partial charge in [0.25, 0.3) is 0 Å². The summed E-state index contributed by atoms with van der Waals surface area (Å²) in [4.78, 5) is 18.1. The van der Waals surface area contributed by atoms with Gasteiger partial charge in [0.05, 0.1) is 17.9 Å². The van der Waals surface area contributed by atoms with Crippen LogP contribution in [-0.4, -0.2) is 37.9 Å². The number of H-pyrrole nitrogens is 2. The lowest BCUT2D eigenvalue weighted by Crippen LogP contribution is -2.22. The molecule has 1 aliphatic heterocycles. The Kier molecular flexibility index (Phi) is 4.26. The average Bonchev–Trinajstić information content (AvgIpc) is 3.20. The van der Waals surface area contributed by atoms with Gasteiger partial charge in [-0.15, -0.1) is 0 Å². The van der Waals surface area contributed by atoms with Crippen molar-refractivity contribution < 1.29 is 0 Å². The summed E-state index contributed by atoms with van der Waals surface area (Å²) in [5.74, 6) is 9.17. The highest BCUT2D eigenvalue weighted by Crippen LogP contribution is 2.52. The molecule has 2 aromatic carbocycles. The lowest BCUT2D eigenvalue weighted by Gasteiger charge is -2.21. The third kappa shape index (κ3) is 3.45. The molecule has 0 amide bonds. The highest BCUT2D eigenvalue weighted by Gasteiger charge is 2.50. The van der Waals surface area contributed by atoms with Crippen LogP contribution < -0.4 is 0 Å². The van der Waals surface area contributed by atoms with Gasteiger partial charge in [0.15, 0.2) is 0 Å². The first-order chi connectivity index (χ1) is 15.2. The summed E-state index contributed by atoms with van der Waals surface area (Å²) in [5, 5.41) is 0. The van der Waals surface area contributed by atoms with Crippen molar-refractivity contribution in [1.29, 1.82) is 0 Å². The predicted octanol–water partition coefficient (Wildman–Crippen LogP) is 4.63. The smallest absolute Gasteiger partial charge is 0.137 e. The Morgan fingerprint density at radius 1 is 0.871 bits per heavy atom. The molecule has 0 bridgehead atoms. The molecule has 1 saturated carbocycles. The number of aromatic amines is 2. The first kappa shape index (κ1) is 18.2. The standard InChI is InChI=1S/C26H23N5/c1-31-23-14-21(23)15-24(31)22-16-29-26(30-22)20-10-6-18(7-11-20)3-2-17-4-8-19(9-5-17)25-27-12-13-28-25/h4-13,16,21,23-24H,14-15H2,1H3,(H,27,28)(H,29,30)/t21?,23?,24-/m0/s1. The molecule has 0 spiro atoms. The number of likely N-dealkylation sites (tertiary alicyclic amines) is 1. The van der Waals surface area contributed by atoms with Crippen molar-refractivity contribution in [2.75, 3.05) is 7.05 Å². The van der Waals surface area contributed by atoms with E-state index in [0.29, 0.717) is 6.04 Å². The first-order valence-corrected chi connectivity index (χ1v) is 10.7. The number of rotatable bonds is 3. The molecule has 4 aromatic rings. The Morgan fingerprint density at radius 3 is 2.13 bits per heavy atom. The fraction of sp³-hybridized carbons (Fsp3) is 0.231. The first-order valence-electron chi connectivity index (χ1n) is 10.7. The van der Waals surface area contributed by atoms with Gasteiger partial charge >= 0.3 is 0 Å². The number of hydrogen-bond acceptors (Lipinski definition) is 3. The Balaban J connectivity index is 1.15. The van der Waals surface area contributed by atoms with Crippen LogP contribution in [0, 0.1) is 17.8 Å². The molecule has 1 aliphatic carbocycles. The second-order valence-corrected chi connectivity index (χ2v) is 8.51. The third-order valence-electron chi connectivity index (χ3n) is 6.55. The number of benzene rings is 2. The number of nitrogens with one attached hydrogen (secondary N) is 2. The Bertz CT molecular complexity index is 1260. The number of imidazole rings is 2. The van der Waals surface area contributed by atoms with Crippen molar-refractivity contribution >= 4 is 0 Å². The molecule has 5 heteroatoms. The summed E-state index contributed by atoms with van der Waals surface area (Å²) in [6.07, 6.45) is 8.20. The fourth-order valence-corrected chi connectivity index (χ4v) is 4.66. The topological polar surface area (TPSA) is 60.6 Å². The van der Waals surface area contributed by atoms with Gasteiger partial charge in [0.1, 0.15) is 11.6 Å². The second kappa shape index (κ2) is 7.26. The van der Waals surface area contributed by atoms with Crippen LogP contribution in [0.15, 0.2) is 67.1 Å². The monoisotopic (exact) mass is 405 g/mol. The van der Waals surface area contributed by atoms with E-state index in [0.717, 1.165) is 45.9 Å². The molecule has 2 aliphatic rings. The minimum Gasteiger partial charge on any atom is -0.345 e. The van der Waals surface area contributed by atoms with Gasteiger partial charge in [-0.2, -0.15) is 0 Å². The summed E-state index contributed by atoms with van der Waals surface area (Å²) < 4.78 is 0. The molecule has 2 fully saturated rings. The minimum absolute atomic E-state index is 0.481. The van der Waals surface area contributed by atoms with E-state index in [2.05, 4.69) is 68.0 Å². The number of piperidine rings is 1.